The Morgan fingerprint density at radius 2 is 1.96 bits per heavy atom. The minimum atomic E-state index is -0.666. The Morgan fingerprint density at radius 1 is 1.26 bits per heavy atom. The minimum absolute atomic E-state index is 0.289. The molecule has 0 saturated heterocycles. The molecule has 0 aliphatic carbocycles. The number of ether oxygens (including phenoxy) is 1. The highest BCUT2D eigenvalue weighted by atomic mass is 19.1. The molecule has 0 aliphatic rings. The van der Waals surface area contributed by atoms with E-state index in [-0.39, 0.29) is 18.3 Å². The van der Waals surface area contributed by atoms with Crippen molar-refractivity contribution in [1.29, 1.82) is 0 Å². The topological polar surface area (TPSA) is 58.6 Å². The van der Waals surface area contributed by atoms with Gasteiger partial charge in [-0.2, -0.15) is 0 Å². The first kappa shape index (κ1) is 20.4. The molecule has 142 valence electrons. The first-order valence-corrected chi connectivity index (χ1v) is 8.59. The quantitative estimate of drug-likeness (QED) is 0.552. The summed E-state index contributed by atoms with van der Waals surface area (Å²) in [5.41, 5.74) is 3.42. The predicted octanol–water partition coefficient (Wildman–Crippen LogP) is 3.61. The van der Waals surface area contributed by atoms with Crippen LogP contribution in [-0.4, -0.2) is 24.2 Å². The van der Waals surface area contributed by atoms with Gasteiger partial charge in [0.05, 0.1) is 19.5 Å². The summed E-state index contributed by atoms with van der Waals surface area (Å²) in [6.07, 6.45) is 1.25. The van der Waals surface area contributed by atoms with Crippen LogP contribution in [0.3, 0.4) is 0 Å². The second-order valence-corrected chi connectivity index (χ2v) is 6.31. The van der Waals surface area contributed by atoms with Crippen LogP contribution in [0.4, 0.5) is 4.39 Å². The number of hydrogen-bond donors (Lipinski definition) is 2. The third-order valence-corrected chi connectivity index (χ3v) is 4.17. The van der Waals surface area contributed by atoms with Crippen molar-refractivity contribution in [2.24, 2.45) is 0 Å². The molecule has 2 rings (SSSR count). The monoisotopic (exact) mass is 369 g/mol. The molecule has 0 aliphatic heterocycles. The van der Waals surface area contributed by atoms with E-state index in [1.807, 2.05) is 18.2 Å². The lowest BCUT2D eigenvalue weighted by Gasteiger charge is -2.13. The van der Waals surface area contributed by atoms with Crippen LogP contribution in [0.2, 0.25) is 0 Å². The standard InChI is InChI=1S/C22H24FNO3/c1-15(14-27-3)21(25)12-18-5-4-6-19(11-18)16(2)22(26)24-13-17-7-9-20(23)10-8-17/h4-11,14,21,25H,2,12-13H2,1,3H3,(H,24,26)/b15-14+. The fourth-order valence-electron chi connectivity index (χ4n) is 2.56. The summed E-state index contributed by atoms with van der Waals surface area (Å²) in [4.78, 5) is 12.4. The van der Waals surface area contributed by atoms with Gasteiger partial charge >= 0.3 is 0 Å². The van der Waals surface area contributed by atoms with E-state index in [1.54, 1.807) is 25.1 Å². The molecular weight excluding hydrogens is 345 g/mol. The van der Waals surface area contributed by atoms with Crippen LogP contribution < -0.4 is 5.32 Å². The molecule has 0 radical (unpaired) electrons. The van der Waals surface area contributed by atoms with Gasteiger partial charge in [-0.25, -0.2) is 4.39 Å². The number of benzene rings is 2. The van der Waals surface area contributed by atoms with Gasteiger partial charge in [0.2, 0.25) is 0 Å². The van der Waals surface area contributed by atoms with E-state index in [0.717, 1.165) is 16.7 Å². The van der Waals surface area contributed by atoms with E-state index in [4.69, 9.17) is 4.74 Å². The van der Waals surface area contributed by atoms with Crippen LogP contribution in [0.5, 0.6) is 0 Å². The zero-order valence-electron chi connectivity index (χ0n) is 15.5. The zero-order valence-corrected chi connectivity index (χ0v) is 15.5. The summed E-state index contributed by atoms with van der Waals surface area (Å²) < 4.78 is 17.8. The van der Waals surface area contributed by atoms with E-state index < -0.39 is 6.10 Å². The summed E-state index contributed by atoms with van der Waals surface area (Å²) in [7, 11) is 1.53. The molecule has 0 heterocycles. The molecule has 1 amide bonds. The average Bonchev–Trinajstić information content (AvgIpc) is 2.67. The number of aliphatic hydroxyl groups excluding tert-OH is 1. The molecule has 0 saturated carbocycles. The SMILES string of the molecule is C=C(C(=O)NCc1ccc(F)cc1)c1cccc(CC(O)/C(C)=C/OC)c1. The average molecular weight is 369 g/mol. The molecule has 0 fully saturated rings. The third kappa shape index (κ3) is 6.08. The lowest BCUT2D eigenvalue weighted by Crippen LogP contribution is -2.23. The molecule has 1 unspecified atom stereocenters. The van der Waals surface area contributed by atoms with Crippen molar-refractivity contribution < 1.29 is 19.0 Å². The Morgan fingerprint density at radius 3 is 2.63 bits per heavy atom. The van der Waals surface area contributed by atoms with Crippen LogP contribution in [-0.2, 0) is 22.5 Å². The fraction of sp³-hybridized carbons (Fsp3) is 0.227. The molecule has 2 N–H and O–H groups in total. The Hall–Kier alpha value is -2.92. The number of nitrogens with one attached hydrogen (secondary N) is 1. The molecular formula is C22H24FNO3. The third-order valence-electron chi connectivity index (χ3n) is 4.17. The van der Waals surface area contributed by atoms with Crippen LogP contribution >= 0.6 is 0 Å². The van der Waals surface area contributed by atoms with Gasteiger partial charge in [-0.3, -0.25) is 4.79 Å². The van der Waals surface area contributed by atoms with Crippen molar-refractivity contribution in [2.45, 2.75) is 26.0 Å². The fourth-order valence-corrected chi connectivity index (χ4v) is 2.56. The molecule has 2 aromatic rings. The number of carbonyl (C=O) groups excluding carboxylic acids is 1. The normalized spacial score (nSPS) is 12.4. The summed E-state index contributed by atoms with van der Waals surface area (Å²) in [6.45, 7) is 5.95. The molecule has 2 aromatic carbocycles. The Bertz CT molecular complexity index is 828. The van der Waals surface area contributed by atoms with Crippen molar-refractivity contribution in [1.82, 2.24) is 5.32 Å². The molecule has 0 spiro atoms. The molecule has 27 heavy (non-hydrogen) atoms. The maximum Gasteiger partial charge on any atom is 0.251 e. The van der Waals surface area contributed by atoms with E-state index in [1.165, 1.54) is 25.5 Å². The highest BCUT2D eigenvalue weighted by Crippen LogP contribution is 2.17. The molecule has 4 nitrogen and oxygen atoms in total. The van der Waals surface area contributed by atoms with Gasteiger partial charge < -0.3 is 15.2 Å². The number of rotatable bonds is 8. The number of methoxy groups -OCH3 is 1. The van der Waals surface area contributed by atoms with E-state index >= 15 is 0 Å². The van der Waals surface area contributed by atoms with Crippen molar-refractivity contribution >= 4 is 11.5 Å². The van der Waals surface area contributed by atoms with Crippen LogP contribution in [0.1, 0.15) is 23.6 Å². The van der Waals surface area contributed by atoms with Crippen molar-refractivity contribution in [3.8, 4) is 0 Å². The molecule has 0 aromatic heterocycles. The molecule has 5 heteroatoms. The summed E-state index contributed by atoms with van der Waals surface area (Å²) in [5.74, 6) is -0.614. The Balaban J connectivity index is 2.00. The molecule has 1 atom stereocenters. The number of aliphatic hydroxyl groups is 1. The van der Waals surface area contributed by atoms with Crippen molar-refractivity contribution in [2.75, 3.05) is 7.11 Å². The largest absolute Gasteiger partial charge is 0.504 e. The van der Waals surface area contributed by atoms with Gasteiger partial charge in [0, 0.05) is 18.5 Å². The van der Waals surface area contributed by atoms with Crippen LogP contribution in [0.25, 0.3) is 5.57 Å². The number of carbonyl (C=O) groups is 1. The van der Waals surface area contributed by atoms with Gasteiger partial charge in [-0.05, 0) is 41.3 Å². The maximum absolute atomic E-state index is 12.9. The van der Waals surface area contributed by atoms with E-state index in [9.17, 15) is 14.3 Å². The van der Waals surface area contributed by atoms with Crippen LogP contribution in [0.15, 0.2) is 66.9 Å². The van der Waals surface area contributed by atoms with Gasteiger partial charge in [-0.1, -0.05) is 43.0 Å². The number of amides is 1. The van der Waals surface area contributed by atoms with Crippen molar-refractivity contribution in [3.05, 3.63) is 89.5 Å². The second kappa shape index (κ2) is 9.69. The van der Waals surface area contributed by atoms with Gasteiger partial charge in [-0.15, -0.1) is 0 Å². The lowest BCUT2D eigenvalue weighted by atomic mass is 9.98. The van der Waals surface area contributed by atoms with Crippen molar-refractivity contribution in [3.63, 3.8) is 0 Å². The summed E-state index contributed by atoms with van der Waals surface area (Å²) in [5, 5.41) is 13.0. The first-order chi connectivity index (χ1) is 12.9. The predicted molar refractivity (Wildman–Crippen MR) is 104 cm³/mol. The Kier molecular flexibility index (Phi) is 7.32. The zero-order chi connectivity index (χ0) is 19.8. The summed E-state index contributed by atoms with van der Waals surface area (Å²) >= 11 is 0. The van der Waals surface area contributed by atoms with Gasteiger partial charge in [0.1, 0.15) is 5.82 Å². The lowest BCUT2D eigenvalue weighted by molar-refractivity contribution is -0.115. The smallest absolute Gasteiger partial charge is 0.251 e. The second-order valence-electron chi connectivity index (χ2n) is 6.31. The van der Waals surface area contributed by atoms with Gasteiger partial charge in [0.15, 0.2) is 0 Å². The number of hydrogen-bond acceptors (Lipinski definition) is 3. The Labute approximate surface area is 159 Å². The van der Waals surface area contributed by atoms with Crippen LogP contribution in [0, 0.1) is 5.82 Å². The highest BCUT2D eigenvalue weighted by Gasteiger charge is 2.12. The minimum Gasteiger partial charge on any atom is -0.504 e. The first-order valence-electron chi connectivity index (χ1n) is 8.59. The highest BCUT2D eigenvalue weighted by molar-refractivity contribution is 6.18. The van der Waals surface area contributed by atoms with E-state index in [0.29, 0.717) is 17.6 Å². The number of halogens is 1. The molecule has 0 bridgehead atoms. The summed E-state index contributed by atoms with van der Waals surface area (Å²) in [6, 6.07) is 13.3. The maximum atomic E-state index is 12.9. The van der Waals surface area contributed by atoms with Gasteiger partial charge in [0.25, 0.3) is 5.91 Å². The van der Waals surface area contributed by atoms with E-state index in [2.05, 4.69) is 11.9 Å².